The first-order valence-electron chi connectivity index (χ1n) is 10.5. The number of nitrogens with zero attached hydrogens (tertiary/aromatic N) is 2. The Bertz CT molecular complexity index is 446. The minimum atomic E-state index is 0.379. The van der Waals surface area contributed by atoms with Crippen molar-refractivity contribution >= 4 is 0 Å². The lowest BCUT2D eigenvalue weighted by molar-refractivity contribution is -0.153. The van der Waals surface area contributed by atoms with Gasteiger partial charge in [0, 0.05) is 17.0 Å². The molecule has 24 heavy (non-hydrogen) atoms. The summed E-state index contributed by atoms with van der Waals surface area (Å²) in [5.74, 6) is 0.949. The molecule has 0 N–H and O–H groups in total. The average Bonchev–Trinajstić information content (AvgIpc) is 3.36. The van der Waals surface area contributed by atoms with Gasteiger partial charge in [-0.25, -0.2) is 0 Å². The average molecular weight is 335 g/mol. The van der Waals surface area contributed by atoms with Gasteiger partial charge in [-0.3, -0.25) is 4.90 Å². The summed E-state index contributed by atoms with van der Waals surface area (Å²) in [6, 6.07) is 0.720. The fourth-order valence-corrected chi connectivity index (χ4v) is 6.16. The van der Waals surface area contributed by atoms with Crippen LogP contribution in [-0.2, 0) is 4.74 Å². The topological polar surface area (TPSA) is 15.7 Å². The van der Waals surface area contributed by atoms with Crippen molar-refractivity contribution < 1.29 is 4.74 Å². The van der Waals surface area contributed by atoms with Gasteiger partial charge in [-0.15, -0.1) is 0 Å². The second-order valence-electron chi connectivity index (χ2n) is 10.1. The van der Waals surface area contributed by atoms with Gasteiger partial charge in [0.25, 0.3) is 0 Å². The Morgan fingerprint density at radius 2 is 1.50 bits per heavy atom. The van der Waals surface area contributed by atoms with Gasteiger partial charge in [0.05, 0.1) is 13.2 Å². The Morgan fingerprint density at radius 3 is 1.92 bits per heavy atom. The number of hydrogen-bond acceptors (Lipinski definition) is 3. The van der Waals surface area contributed by atoms with E-state index in [0.29, 0.717) is 16.4 Å². The summed E-state index contributed by atoms with van der Waals surface area (Å²) >= 11 is 0. The van der Waals surface area contributed by atoms with Crippen LogP contribution in [0.5, 0.6) is 0 Å². The second-order valence-corrected chi connectivity index (χ2v) is 10.1. The predicted octanol–water partition coefficient (Wildman–Crippen LogP) is 3.78. The van der Waals surface area contributed by atoms with Gasteiger partial charge < -0.3 is 9.64 Å². The van der Waals surface area contributed by atoms with Crippen LogP contribution in [-0.4, -0.2) is 60.8 Å². The van der Waals surface area contributed by atoms with Crippen molar-refractivity contribution in [1.29, 1.82) is 0 Å². The smallest absolute Gasteiger partial charge is 0.0545 e. The van der Waals surface area contributed by atoms with Gasteiger partial charge in [-0.2, -0.15) is 0 Å². The third-order valence-corrected chi connectivity index (χ3v) is 8.48. The molecule has 0 radical (unpaired) electrons. The molecule has 3 nitrogen and oxygen atoms in total. The highest BCUT2D eigenvalue weighted by Gasteiger charge is 2.61. The lowest BCUT2D eigenvalue weighted by Gasteiger charge is -2.55. The Balaban J connectivity index is 1.40. The number of ether oxygens (including phenoxy) is 1. The quantitative estimate of drug-likeness (QED) is 0.778. The summed E-state index contributed by atoms with van der Waals surface area (Å²) < 4.78 is 5.52. The van der Waals surface area contributed by atoms with E-state index in [2.05, 4.69) is 37.5 Å². The van der Waals surface area contributed by atoms with Crippen LogP contribution in [0.1, 0.15) is 66.2 Å². The maximum absolute atomic E-state index is 5.52. The summed E-state index contributed by atoms with van der Waals surface area (Å²) in [6.07, 6.45) is 8.51. The van der Waals surface area contributed by atoms with Crippen molar-refractivity contribution in [3.8, 4) is 0 Å². The van der Waals surface area contributed by atoms with Gasteiger partial charge in [0.15, 0.2) is 0 Å². The molecule has 0 bridgehead atoms. The van der Waals surface area contributed by atoms with E-state index in [0.717, 1.165) is 25.2 Å². The number of rotatable bonds is 4. The lowest BCUT2D eigenvalue weighted by atomic mass is 9.68. The standard InChI is InChI=1S/C21H38N2O/c1-17(2)22-11-5-18(6-12-22)21(7-8-21)19(3,4)23-13-9-20(10-14-23)15-24-16-20/h17-18H,5-16H2,1-4H3. The molecular weight excluding hydrogens is 296 g/mol. The molecular formula is C21H38N2O. The first-order chi connectivity index (χ1) is 11.4. The first-order valence-corrected chi connectivity index (χ1v) is 10.5. The fraction of sp³-hybridized carbons (Fsp3) is 1.00. The molecule has 0 aromatic heterocycles. The van der Waals surface area contributed by atoms with Gasteiger partial charge in [0.1, 0.15) is 0 Å². The molecule has 3 heteroatoms. The highest BCUT2D eigenvalue weighted by Crippen LogP contribution is 2.64. The zero-order valence-electron chi connectivity index (χ0n) is 16.4. The molecule has 0 aromatic rings. The van der Waals surface area contributed by atoms with Crippen molar-refractivity contribution in [3.05, 3.63) is 0 Å². The Morgan fingerprint density at radius 1 is 0.917 bits per heavy atom. The van der Waals surface area contributed by atoms with Crippen LogP contribution < -0.4 is 0 Å². The van der Waals surface area contributed by atoms with E-state index >= 15 is 0 Å². The summed E-state index contributed by atoms with van der Waals surface area (Å²) in [5, 5.41) is 0. The minimum absolute atomic E-state index is 0.379. The van der Waals surface area contributed by atoms with Crippen LogP contribution in [0.25, 0.3) is 0 Å². The third kappa shape index (κ3) is 2.66. The Labute approximate surface area is 149 Å². The molecule has 4 rings (SSSR count). The van der Waals surface area contributed by atoms with Crippen LogP contribution in [0.3, 0.4) is 0 Å². The molecule has 0 unspecified atom stereocenters. The van der Waals surface area contributed by atoms with E-state index in [1.165, 1.54) is 64.7 Å². The van der Waals surface area contributed by atoms with Crippen LogP contribution in [0.4, 0.5) is 0 Å². The predicted molar refractivity (Wildman–Crippen MR) is 99.2 cm³/mol. The SMILES string of the molecule is CC(C)N1CCC(C2(C(C)(C)N3CCC4(CC3)COC4)CC2)CC1. The summed E-state index contributed by atoms with van der Waals surface area (Å²) in [4.78, 5) is 5.54. The highest BCUT2D eigenvalue weighted by atomic mass is 16.5. The molecule has 4 fully saturated rings. The normalized spacial score (nSPS) is 31.4. The number of piperidine rings is 2. The van der Waals surface area contributed by atoms with Crippen molar-refractivity contribution in [1.82, 2.24) is 9.80 Å². The molecule has 1 aliphatic carbocycles. The lowest BCUT2D eigenvalue weighted by Crippen LogP contribution is -2.60. The van der Waals surface area contributed by atoms with Gasteiger partial charge in [-0.05, 0) is 104 Å². The van der Waals surface area contributed by atoms with Crippen molar-refractivity contribution in [2.75, 3.05) is 39.4 Å². The molecule has 3 heterocycles. The largest absolute Gasteiger partial charge is 0.380 e. The monoisotopic (exact) mass is 334 g/mol. The maximum atomic E-state index is 5.52. The molecule has 3 aliphatic heterocycles. The van der Waals surface area contributed by atoms with E-state index in [-0.39, 0.29) is 0 Å². The molecule has 138 valence electrons. The summed E-state index contributed by atoms with van der Waals surface area (Å²) in [5.41, 5.74) is 1.55. The highest BCUT2D eigenvalue weighted by molar-refractivity contribution is 5.14. The van der Waals surface area contributed by atoms with Crippen molar-refractivity contribution in [2.45, 2.75) is 77.8 Å². The van der Waals surface area contributed by atoms with Crippen molar-refractivity contribution in [3.63, 3.8) is 0 Å². The van der Waals surface area contributed by atoms with Crippen LogP contribution in [0.15, 0.2) is 0 Å². The summed E-state index contributed by atoms with van der Waals surface area (Å²) in [7, 11) is 0. The molecule has 1 spiro atoms. The van der Waals surface area contributed by atoms with Gasteiger partial charge in [-0.1, -0.05) is 0 Å². The maximum Gasteiger partial charge on any atom is 0.0545 e. The number of hydrogen-bond donors (Lipinski definition) is 0. The van der Waals surface area contributed by atoms with E-state index in [1.807, 2.05) is 0 Å². The molecule has 0 aromatic carbocycles. The van der Waals surface area contributed by atoms with Crippen molar-refractivity contribution in [2.24, 2.45) is 16.7 Å². The molecule has 4 aliphatic rings. The molecule has 1 saturated carbocycles. The van der Waals surface area contributed by atoms with E-state index in [9.17, 15) is 0 Å². The second kappa shape index (κ2) is 5.96. The third-order valence-electron chi connectivity index (χ3n) is 8.48. The molecule has 0 atom stereocenters. The van der Waals surface area contributed by atoms with Crippen LogP contribution in [0.2, 0.25) is 0 Å². The number of likely N-dealkylation sites (tertiary alicyclic amines) is 2. The fourth-order valence-electron chi connectivity index (χ4n) is 6.16. The van der Waals surface area contributed by atoms with Gasteiger partial charge >= 0.3 is 0 Å². The Hall–Kier alpha value is -0.120. The minimum Gasteiger partial charge on any atom is -0.380 e. The van der Waals surface area contributed by atoms with Crippen LogP contribution >= 0.6 is 0 Å². The first kappa shape index (κ1) is 17.3. The zero-order valence-corrected chi connectivity index (χ0v) is 16.4. The molecule has 3 saturated heterocycles. The van der Waals surface area contributed by atoms with Gasteiger partial charge in [0.2, 0.25) is 0 Å². The Kier molecular flexibility index (Phi) is 4.29. The molecule has 0 amide bonds. The van der Waals surface area contributed by atoms with Crippen LogP contribution in [0, 0.1) is 16.7 Å². The zero-order chi connectivity index (χ0) is 17.0. The van der Waals surface area contributed by atoms with E-state index in [4.69, 9.17) is 4.74 Å². The van der Waals surface area contributed by atoms with E-state index in [1.54, 1.807) is 0 Å². The van der Waals surface area contributed by atoms with E-state index < -0.39 is 0 Å². The summed E-state index contributed by atoms with van der Waals surface area (Å²) in [6.45, 7) is 17.1.